The van der Waals surface area contributed by atoms with Crippen LogP contribution in [0.3, 0.4) is 0 Å². The fourth-order valence-corrected chi connectivity index (χ4v) is 4.95. The Bertz CT molecular complexity index is 1600. The first kappa shape index (κ1) is 28.2. The van der Waals surface area contributed by atoms with Crippen LogP contribution >= 0.6 is 15.9 Å². The zero-order valence-corrected chi connectivity index (χ0v) is 23.1. The van der Waals surface area contributed by atoms with Crippen molar-refractivity contribution < 1.29 is 27.4 Å². The molecule has 4 aromatic rings. The summed E-state index contributed by atoms with van der Waals surface area (Å²) in [6.07, 6.45) is -4.60. The minimum Gasteiger partial charge on any atom is -0.497 e. The van der Waals surface area contributed by atoms with Crippen LogP contribution < -0.4 is 15.0 Å². The molecule has 11 heteroatoms. The largest absolute Gasteiger partial charge is 0.497 e. The maximum Gasteiger partial charge on any atom is 0.416 e. The van der Waals surface area contributed by atoms with Crippen LogP contribution in [0.5, 0.6) is 11.5 Å². The summed E-state index contributed by atoms with van der Waals surface area (Å²) in [7, 11) is 2.95. The van der Waals surface area contributed by atoms with Crippen molar-refractivity contribution in [3.63, 3.8) is 0 Å². The third kappa shape index (κ3) is 5.36. The molecule has 1 aromatic heterocycles. The van der Waals surface area contributed by atoms with Gasteiger partial charge in [-0.2, -0.15) is 13.2 Å². The summed E-state index contributed by atoms with van der Waals surface area (Å²) in [4.78, 5) is 33.6. The molecule has 0 aliphatic carbocycles. The number of aromatic nitrogens is 2. The number of rotatable bonds is 7. The van der Waals surface area contributed by atoms with Crippen molar-refractivity contribution in [3.8, 4) is 17.2 Å². The molecule has 3 aromatic carbocycles. The lowest BCUT2D eigenvalue weighted by Gasteiger charge is -2.30. The topological polar surface area (TPSA) is 73.7 Å². The average Bonchev–Trinajstić information content (AvgIpc) is 2.93. The van der Waals surface area contributed by atoms with Crippen molar-refractivity contribution in [2.75, 3.05) is 20.8 Å². The molecule has 7 nitrogen and oxygen atoms in total. The van der Waals surface area contributed by atoms with E-state index in [2.05, 4.69) is 15.9 Å². The van der Waals surface area contributed by atoms with Gasteiger partial charge in [0.2, 0.25) is 0 Å². The van der Waals surface area contributed by atoms with E-state index in [-0.39, 0.29) is 17.9 Å². The summed E-state index contributed by atoms with van der Waals surface area (Å²) in [5, 5.41) is 0.342. The van der Waals surface area contributed by atoms with Crippen molar-refractivity contribution in [2.45, 2.75) is 26.1 Å². The molecule has 0 saturated carbocycles. The fraction of sp³-hybridized carbons (Fsp3) is 0.250. The lowest BCUT2D eigenvalue weighted by Crippen LogP contribution is -2.37. The van der Waals surface area contributed by atoms with Crippen LogP contribution in [-0.2, 0) is 6.18 Å². The number of hydrogen-bond donors (Lipinski definition) is 0. The lowest BCUT2D eigenvalue weighted by atomic mass is 10.1. The molecule has 0 fully saturated rings. The Kier molecular flexibility index (Phi) is 8.01. The summed E-state index contributed by atoms with van der Waals surface area (Å²) in [5.74, 6) is 0.385. The number of para-hydroxylation sites is 1. The molecule has 1 atom stereocenters. The first-order valence-electron chi connectivity index (χ1n) is 11.9. The van der Waals surface area contributed by atoms with Gasteiger partial charge < -0.3 is 14.4 Å². The SMILES string of the molecule is CCN(C(=O)c1cccc(C(F)(F)F)c1)C(C)c1nc2ccccc2c(=O)n1-c1cc(OC)cc(OC)c1Br. The van der Waals surface area contributed by atoms with E-state index in [0.717, 1.165) is 12.1 Å². The lowest BCUT2D eigenvalue weighted by molar-refractivity contribution is -0.137. The van der Waals surface area contributed by atoms with Gasteiger partial charge >= 0.3 is 6.18 Å². The predicted molar refractivity (Wildman–Crippen MR) is 145 cm³/mol. The molecule has 0 aliphatic heterocycles. The molecule has 4 rings (SSSR count). The number of amides is 1. The van der Waals surface area contributed by atoms with Crippen LogP contribution in [0.15, 0.2) is 69.9 Å². The highest BCUT2D eigenvalue weighted by Gasteiger charge is 2.33. The molecule has 39 heavy (non-hydrogen) atoms. The Morgan fingerprint density at radius 1 is 1.08 bits per heavy atom. The predicted octanol–water partition coefficient (Wildman–Crippen LogP) is 6.41. The highest BCUT2D eigenvalue weighted by Crippen LogP contribution is 2.37. The number of methoxy groups -OCH3 is 2. The Morgan fingerprint density at radius 2 is 1.79 bits per heavy atom. The molecule has 0 saturated heterocycles. The molecule has 1 heterocycles. The van der Waals surface area contributed by atoms with Crippen molar-refractivity contribution >= 4 is 32.7 Å². The second kappa shape index (κ2) is 11.1. The van der Waals surface area contributed by atoms with E-state index in [0.29, 0.717) is 32.6 Å². The third-order valence-corrected chi connectivity index (χ3v) is 7.17. The van der Waals surface area contributed by atoms with E-state index >= 15 is 0 Å². The van der Waals surface area contributed by atoms with E-state index in [1.165, 1.54) is 35.8 Å². The Morgan fingerprint density at radius 3 is 2.44 bits per heavy atom. The van der Waals surface area contributed by atoms with Crippen LogP contribution in [0.2, 0.25) is 0 Å². The van der Waals surface area contributed by atoms with Crippen LogP contribution in [0.1, 0.15) is 41.6 Å². The van der Waals surface area contributed by atoms with E-state index < -0.39 is 29.2 Å². The number of nitrogens with zero attached hydrogens (tertiary/aromatic N) is 3. The Balaban J connectivity index is 1.94. The molecule has 0 radical (unpaired) electrons. The highest BCUT2D eigenvalue weighted by molar-refractivity contribution is 9.10. The highest BCUT2D eigenvalue weighted by atomic mass is 79.9. The minimum absolute atomic E-state index is 0.127. The summed E-state index contributed by atoms with van der Waals surface area (Å²) in [5.41, 5.74) is -0.684. The van der Waals surface area contributed by atoms with Crippen molar-refractivity contribution in [3.05, 3.63) is 92.4 Å². The summed E-state index contributed by atoms with van der Waals surface area (Å²) in [6, 6.07) is 13.5. The number of ether oxygens (including phenoxy) is 2. The smallest absolute Gasteiger partial charge is 0.416 e. The van der Waals surface area contributed by atoms with Gasteiger partial charge in [0.25, 0.3) is 11.5 Å². The molecular formula is C28H25BrF3N3O4. The van der Waals surface area contributed by atoms with Gasteiger partial charge in [-0.15, -0.1) is 0 Å². The average molecular weight is 604 g/mol. The van der Waals surface area contributed by atoms with E-state index in [1.807, 2.05) is 0 Å². The second-order valence-electron chi connectivity index (χ2n) is 8.64. The minimum atomic E-state index is -4.60. The zero-order chi connectivity index (χ0) is 28.5. The van der Waals surface area contributed by atoms with Crippen LogP contribution in [0.4, 0.5) is 13.2 Å². The normalized spacial score (nSPS) is 12.3. The molecule has 1 unspecified atom stereocenters. The first-order chi connectivity index (χ1) is 18.5. The van der Waals surface area contributed by atoms with Crippen molar-refractivity contribution in [1.82, 2.24) is 14.5 Å². The van der Waals surface area contributed by atoms with Gasteiger partial charge in [-0.3, -0.25) is 14.2 Å². The molecule has 0 spiro atoms. The second-order valence-corrected chi connectivity index (χ2v) is 9.43. The van der Waals surface area contributed by atoms with Crippen molar-refractivity contribution in [1.29, 1.82) is 0 Å². The van der Waals surface area contributed by atoms with Gasteiger partial charge in [-0.05, 0) is 60.1 Å². The molecule has 204 valence electrons. The van der Waals surface area contributed by atoms with Crippen molar-refractivity contribution in [2.24, 2.45) is 0 Å². The van der Waals surface area contributed by atoms with Crippen LogP contribution in [0, 0.1) is 0 Å². The van der Waals surface area contributed by atoms with Gasteiger partial charge in [0.1, 0.15) is 17.3 Å². The number of halogens is 4. The number of carbonyl (C=O) groups is 1. The number of alkyl halides is 3. The van der Waals surface area contributed by atoms with Crippen LogP contribution in [0.25, 0.3) is 16.6 Å². The number of hydrogen-bond acceptors (Lipinski definition) is 5. The molecule has 0 aliphatic rings. The van der Waals surface area contributed by atoms with E-state index in [1.54, 1.807) is 50.2 Å². The molecular weight excluding hydrogens is 579 g/mol. The zero-order valence-electron chi connectivity index (χ0n) is 21.5. The van der Waals surface area contributed by atoms with Gasteiger partial charge in [-0.1, -0.05) is 18.2 Å². The molecule has 0 bridgehead atoms. The van der Waals surface area contributed by atoms with Crippen LogP contribution in [-0.4, -0.2) is 41.1 Å². The summed E-state index contributed by atoms with van der Waals surface area (Å²) >= 11 is 3.51. The molecule has 0 N–H and O–H groups in total. The number of benzene rings is 3. The third-order valence-electron chi connectivity index (χ3n) is 6.37. The first-order valence-corrected chi connectivity index (χ1v) is 12.7. The monoisotopic (exact) mass is 603 g/mol. The molecule has 1 amide bonds. The summed E-state index contributed by atoms with van der Waals surface area (Å²) < 4.78 is 52.7. The quantitative estimate of drug-likeness (QED) is 0.244. The number of fused-ring (bicyclic) bond motifs is 1. The standard InChI is InChI=1S/C28H25BrF3N3O4/c1-5-34(26(36)17-9-8-10-18(13-17)28(30,31)32)16(2)25-33-21-12-7-6-11-20(21)27(37)35(25)22-14-19(38-3)15-23(39-4)24(22)29/h6-16H,5H2,1-4H3. The Labute approximate surface area is 230 Å². The van der Waals surface area contributed by atoms with Gasteiger partial charge in [0.15, 0.2) is 0 Å². The summed E-state index contributed by atoms with van der Waals surface area (Å²) in [6.45, 7) is 3.52. The maximum absolute atomic E-state index is 13.9. The maximum atomic E-state index is 13.9. The van der Waals surface area contributed by atoms with Gasteiger partial charge in [-0.25, -0.2) is 4.98 Å². The van der Waals surface area contributed by atoms with Gasteiger partial charge in [0, 0.05) is 24.2 Å². The van der Waals surface area contributed by atoms with E-state index in [9.17, 15) is 22.8 Å². The van der Waals surface area contributed by atoms with Gasteiger partial charge in [0.05, 0.1) is 46.9 Å². The Hall–Kier alpha value is -3.86. The fourth-order valence-electron chi connectivity index (χ4n) is 4.38. The number of carbonyl (C=O) groups excluding carboxylic acids is 1. The van der Waals surface area contributed by atoms with E-state index in [4.69, 9.17) is 14.5 Å².